The number of fused-ring (bicyclic) bond motifs is 1. The molecule has 0 bridgehead atoms. The zero-order chi connectivity index (χ0) is 22.2. The topological polar surface area (TPSA) is 75.7 Å². The predicted molar refractivity (Wildman–Crippen MR) is 123 cm³/mol. The monoisotopic (exact) mass is 454 g/mol. The first-order valence-electron chi connectivity index (χ1n) is 9.37. The SMILES string of the molecule is COc1ccc(Cl)cc1NC(=O)C1=C(c2ccccc2)c2ccccc2N(C)S1(=O)=O. The van der Waals surface area contributed by atoms with Crippen molar-refractivity contribution in [1.29, 1.82) is 0 Å². The molecule has 0 fully saturated rings. The third-order valence-electron chi connectivity index (χ3n) is 5.04. The van der Waals surface area contributed by atoms with Crippen molar-refractivity contribution >= 4 is 44.5 Å². The van der Waals surface area contributed by atoms with Gasteiger partial charge in [0.05, 0.1) is 18.5 Å². The van der Waals surface area contributed by atoms with Crippen LogP contribution >= 0.6 is 11.6 Å². The third-order valence-corrected chi connectivity index (χ3v) is 7.09. The number of nitrogens with one attached hydrogen (secondary N) is 1. The highest BCUT2D eigenvalue weighted by Crippen LogP contribution is 2.42. The standard InChI is InChI=1S/C23H19ClN2O4S/c1-26-19-11-7-6-10-17(19)21(15-8-4-3-5-9-15)22(31(26,28)29)23(27)25-18-14-16(24)12-13-20(18)30-2/h3-14H,1-2H3,(H,25,27). The summed E-state index contributed by atoms with van der Waals surface area (Å²) in [4.78, 5) is 13.1. The Kier molecular flexibility index (Phi) is 5.47. The zero-order valence-electron chi connectivity index (χ0n) is 16.8. The van der Waals surface area contributed by atoms with E-state index in [2.05, 4.69) is 5.32 Å². The summed E-state index contributed by atoms with van der Waals surface area (Å²) in [6, 6.07) is 20.8. The van der Waals surface area contributed by atoms with Gasteiger partial charge in [0, 0.05) is 23.2 Å². The van der Waals surface area contributed by atoms with Gasteiger partial charge >= 0.3 is 0 Å². The van der Waals surface area contributed by atoms with E-state index in [-0.39, 0.29) is 10.6 Å². The number of sulfonamides is 1. The van der Waals surface area contributed by atoms with Crippen molar-refractivity contribution < 1.29 is 17.9 Å². The molecule has 6 nitrogen and oxygen atoms in total. The lowest BCUT2D eigenvalue weighted by Gasteiger charge is -2.31. The molecule has 0 saturated heterocycles. The average molecular weight is 455 g/mol. The Morgan fingerprint density at radius 3 is 2.39 bits per heavy atom. The molecule has 4 rings (SSSR count). The van der Waals surface area contributed by atoms with Crippen molar-refractivity contribution in [3.05, 3.63) is 93.9 Å². The molecule has 0 aromatic heterocycles. The van der Waals surface area contributed by atoms with Crippen LogP contribution in [0, 0.1) is 0 Å². The number of amides is 1. The first-order chi connectivity index (χ1) is 14.8. The number of methoxy groups -OCH3 is 1. The van der Waals surface area contributed by atoms with E-state index in [1.807, 2.05) is 12.1 Å². The molecular weight excluding hydrogens is 436 g/mol. The van der Waals surface area contributed by atoms with Gasteiger partial charge in [-0.2, -0.15) is 0 Å². The van der Waals surface area contributed by atoms with Gasteiger partial charge in [0.2, 0.25) is 0 Å². The Hall–Kier alpha value is -3.29. The van der Waals surface area contributed by atoms with Gasteiger partial charge in [-0.05, 0) is 29.8 Å². The van der Waals surface area contributed by atoms with Gasteiger partial charge < -0.3 is 10.1 Å². The second kappa shape index (κ2) is 8.09. The molecule has 0 saturated carbocycles. The van der Waals surface area contributed by atoms with Gasteiger partial charge in [0.15, 0.2) is 4.91 Å². The van der Waals surface area contributed by atoms with Crippen LogP contribution in [0.15, 0.2) is 77.7 Å². The first-order valence-corrected chi connectivity index (χ1v) is 11.2. The molecule has 3 aromatic carbocycles. The number of halogens is 1. The molecule has 0 radical (unpaired) electrons. The van der Waals surface area contributed by atoms with Crippen molar-refractivity contribution in [3.63, 3.8) is 0 Å². The summed E-state index contributed by atoms with van der Waals surface area (Å²) in [5.74, 6) is -0.414. The number of ether oxygens (including phenoxy) is 1. The van der Waals surface area contributed by atoms with Crippen molar-refractivity contribution in [2.24, 2.45) is 0 Å². The number of hydrogen-bond acceptors (Lipinski definition) is 4. The Balaban J connectivity index is 1.96. The van der Waals surface area contributed by atoms with Crippen LogP contribution < -0.4 is 14.4 Å². The summed E-state index contributed by atoms with van der Waals surface area (Å²) >= 11 is 6.07. The van der Waals surface area contributed by atoms with Crippen molar-refractivity contribution in [1.82, 2.24) is 0 Å². The summed E-state index contributed by atoms with van der Waals surface area (Å²) < 4.78 is 33.3. The fourth-order valence-electron chi connectivity index (χ4n) is 3.56. The number of benzene rings is 3. The minimum absolute atomic E-state index is 0.275. The van der Waals surface area contributed by atoms with E-state index in [0.29, 0.717) is 33.2 Å². The minimum atomic E-state index is -4.13. The highest BCUT2D eigenvalue weighted by molar-refractivity contribution is 7.97. The number of carbonyl (C=O) groups excluding carboxylic acids is 1. The van der Waals surface area contributed by atoms with Gasteiger partial charge in [-0.15, -0.1) is 0 Å². The lowest BCUT2D eigenvalue weighted by atomic mass is 9.95. The average Bonchev–Trinajstić information content (AvgIpc) is 2.76. The van der Waals surface area contributed by atoms with Crippen molar-refractivity contribution in [3.8, 4) is 5.75 Å². The summed E-state index contributed by atoms with van der Waals surface area (Å²) in [7, 11) is -1.25. The molecule has 3 aromatic rings. The Labute approximate surface area is 185 Å². The Bertz CT molecular complexity index is 1300. The molecule has 0 spiro atoms. The summed E-state index contributed by atoms with van der Waals surface area (Å²) in [6.07, 6.45) is 0. The van der Waals surface area contributed by atoms with Crippen LogP contribution in [-0.2, 0) is 14.8 Å². The molecule has 0 unspecified atom stereocenters. The van der Waals surface area contributed by atoms with Crippen LogP contribution in [0.25, 0.3) is 5.57 Å². The van der Waals surface area contributed by atoms with E-state index in [0.717, 1.165) is 4.31 Å². The summed E-state index contributed by atoms with van der Waals surface area (Å²) in [5.41, 5.74) is 2.38. The first kappa shape index (κ1) is 21.0. The maximum atomic E-state index is 13.5. The lowest BCUT2D eigenvalue weighted by Crippen LogP contribution is -2.37. The number of para-hydroxylation sites is 1. The van der Waals surface area contributed by atoms with Crippen LogP contribution in [0.5, 0.6) is 5.75 Å². The van der Waals surface area contributed by atoms with Crippen LogP contribution in [0.2, 0.25) is 5.02 Å². The number of anilines is 2. The van der Waals surface area contributed by atoms with E-state index in [1.165, 1.54) is 20.2 Å². The smallest absolute Gasteiger partial charge is 0.270 e. The summed E-state index contributed by atoms with van der Waals surface area (Å²) in [5, 5.41) is 3.04. The molecule has 1 aliphatic heterocycles. The second-order valence-corrected chi connectivity index (χ2v) is 9.20. The molecule has 0 aliphatic carbocycles. The fraction of sp³-hybridized carbons (Fsp3) is 0.0870. The molecule has 1 N–H and O–H groups in total. The molecule has 1 aliphatic rings. The number of carbonyl (C=O) groups is 1. The van der Waals surface area contributed by atoms with E-state index in [1.54, 1.807) is 54.6 Å². The third kappa shape index (κ3) is 3.66. The largest absolute Gasteiger partial charge is 0.495 e. The number of hydrogen-bond donors (Lipinski definition) is 1. The molecule has 158 valence electrons. The molecule has 31 heavy (non-hydrogen) atoms. The van der Waals surface area contributed by atoms with Gasteiger partial charge in [0.1, 0.15) is 5.75 Å². The molecule has 8 heteroatoms. The van der Waals surface area contributed by atoms with Gasteiger partial charge in [-0.1, -0.05) is 60.1 Å². The van der Waals surface area contributed by atoms with Crippen LogP contribution in [-0.4, -0.2) is 28.5 Å². The molecule has 1 heterocycles. The Morgan fingerprint density at radius 1 is 1.00 bits per heavy atom. The van der Waals surface area contributed by atoms with Crippen LogP contribution in [0.3, 0.4) is 0 Å². The van der Waals surface area contributed by atoms with E-state index < -0.39 is 15.9 Å². The maximum Gasteiger partial charge on any atom is 0.270 e. The maximum absolute atomic E-state index is 13.5. The molecular formula is C23H19ClN2O4S. The molecule has 0 atom stereocenters. The van der Waals surface area contributed by atoms with Gasteiger partial charge in [-0.3, -0.25) is 9.10 Å². The van der Waals surface area contributed by atoms with E-state index in [4.69, 9.17) is 16.3 Å². The van der Waals surface area contributed by atoms with Crippen LogP contribution in [0.1, 0.15) is 11.1 Å². The highest BCUT2D eigenvalue weighted by atomic mass is 35.5. The predicted octanol–water partition coefficient (Wildman–Crippen LogP) is 4.53. The number of rotatable bonds is 4. The van der Waals surface area contributed by atoms with Gasteiger partial charge in [0.25, 0.3) is 15.9 Å². The van der Waals surface area contributed by atoms with Crippen molar-refractivity contribution in [2.45, 2.75) is 0 Å². The van der Waals surface area contributed by atoms with Crippen LogP contribution in [0.4, 0.5) is 11.4 Å². The normalized spacial score (nSPS) is 14.7. The zero-order valence-corrected chi connectivity index (χ0v) is 18.4. The van der Waals surface area contributed by atoms with Gasteiger partial charge in [-0.25, -0.2) is 8.42 Å². The van der Waals surface area contributed by atoms with E-state index >= 15 is 0 Å². The van der Waals surface area contributed by atoms with Crippen molar-refractivity contribution in [2.75, 3.05) is 23.8 Å². The quantitative estimate of drug-likeness (QED) is 0.628. The van der Waals surface area contributed by atoms with E-state index in [9.17, 15) is 13.2 Å². The summed E-state index contributed by atoms with van der Waals surface area (Å²) in [6.45, 7) is 0. The second-order valence-electron chi connectivity index (χ2n) is 6.86. The number of nitrogens with zero attached hydrogens (tertiary/aromatic N) is 1. The lowest BCUT2D eigenvalue weighted by molar-refractivity contribution is -0.112. The Morgan fingerprint density at radius 2 is 1.68 bits per heavy atom. The minimum Gasteiger partial charge on any atom is -0.495 e. The fourth-order valence-corrected chi connectivity index (χ4v) is 5.19. The molecule has 1 amide bonds. The highest BCUT2D eigenvalue weighted by Gasteiger charge is 2.39.